The highest BCUT2D eigenvalue weighted by Gasteiger charge is 2.25. The Kier molecular flexibility index (Phi) is 5.77. The quantitative estimate of drug-likeness (QED) is 0.592. The van der Waals surface area contributed by atoms with Gasteiger partial charge in [-0.1, -0.05) is 0 Å². The second kappa shape index (κ2) is 8.63. The maximum Gasteiger partial charge on any atom is 0.348 e. The molecule has 0 saturated carbocycles. The van der Waals surface area contributed by atoms with Crippen molar-refractivity contribution in [2.24, 2.45) is 0 Å². The monoisotopic (exact) mass is 422 g/mol. The van der Waals surface area contributed by atoms with E-state index in [1.54, 1.807) is 31.6 Å². The van der Waals surface area contributed by atoms with Gasteiger partial charge < -0.3 is 14.5 Å². The molecular formula is C21H22N6O2S. The van der Waals surface area contributed by atoms with E-state index in [0.717, 1.165) is 60.0 Å². The molecule has 0 bridgehead atoms. The highest BCUT2D eigenvalue weighted by molar-refractivity contribution is 7.20. The summed E-state index contributed by atoms with van der Waals surface area (Å²) in [5, 5.41) is 10.3. The van der Waals surface area contributed by atoms with Crippen LogP contribution in [0.15, 0.2) is 24.7 Å². The molecule has 0 unspecified atom stereocenters. The number of ether oxygens (including phenoxy) is 1. The molecule has 8 nitrogen and oxygen atoms in total. The molecule has 0 radical (unpaired) electrons. The fourth-order valence-corrected chi connectivity index (χ4v) is 4.80. The fourth-order valence-electron chi connectivity index (χ4n) is 3.76. The van der Waals surface area contributed by atoms with Crippen LogP contribution in [0.3, 0.4) is 0 Å². The number of carbonyl (C=O) groups excluding carboxylic acids is 1. The zero-order valence-corrected chi connectivity index (χ0v) is 17.8. The van der Waals surface area contributed by atoms with Gasteiger partial charge in [-0.25, -0.2) is 19.7 Å². The van der Waals surface area contributed by atoms with Gasteiger partial charge in [-0.05, 0) is 38.0 Å². The molecule has 0 aliphatic carbocycles. The number of aromatic nitrogens is 3. The Hall–Kier alpha value is -3.25. The molecule has 0 N–H and O–H groups in total. The Morgan fingerprint density at radius 1 is 1.20 bits per heavy atom. The summed E-state index contributed by atoms with van der Waals surface area (Å²) < 4.78 is 5.20. The molecule has 3 aromatic rings. The van der Waals surface area contributed by atoms with Crippen LogP contribution in [-0.4, -0.2) is 53.7 Å². The lowest BCUT2D eigenvalue weighted by Crippen LogP contribution is -2.32. The van der Waals surface area contributed by atoms with E-state index in [1.807, 2.05) is 6.92 Å². The van der Waals surface area contributed by atoms with Crippen LogP contribution in [0.4, 0.5) is 11.6 Å². The summed E-state index contributed by atoms with van der Waals surface area (Å²) in [5.74, 6) is 1.25. The van der Waals surface area contributed by atoms with Crippen molar-refractivity contribution in [3.8, 4) is 6.07 Å². The number of pyridine rings is 1. The van der Waals surface area contributed by atoms with Crippen LogP contribution in [0.25, 0.3) is 10.2 Å². The van der Waals surface area contributed by atoms with Crippen LogP contribution in [0, 0.1) is 18.3 Å². The molecule has 0 aromatic carbocycles. The molecule has 0 atom stereocenters. The van der Waals surface area contributed by atoms with Gasteiger partial charge in [-0.2, -0.15) is 5.26 Å². The topological polar surface area (TPSA) is 95.2 Å². The van der Waals surface area contributed by atoms with E-state index < -0.39 is 0 Å². The van der Waals surface area contributed by atoms with E-state index >= 15 is 0 Å². The molecule has 1 aliphatic heterocycles. The summed E-state index contributed by atoms with van der Waals surface area (Å²) in [6, 6.07) is 5.81. The number of carbonyl (C=O) groups is 1. The number of esters is 1. The second-order valence-electron chi connectivity index (χ2n) is 6.97. The number of hydrogen-bond donors (Lipinski definition) is 0. The van der Waals surface area contributed by atoms with Gasteiger partial charge in [0.1, 0.15) is 33.7 Å². The van der Waals surface area contributed by atoms with Crippen LogP contribution in [0.2, 0.25) is 0 Å². The minimum Gasteiger partial charge on any atom is -0.462 e. The van der Waals surface area contributed by atoms with Crippen molar-refractivity contribution in [2.45, 2.75) is 20.3 Å². The van der Waals surface area contributed by atoms with Gasteiger partial charge in [0.2, 0.25) is 0 Å². The normalized spacial score (nSPS) is 14.4. The molecule has 4 heterocycles. The van der Waals surface area contributed by atoms with Crippen LogP contribution >= 0.6 is 11.3 Å². The van der Waals surface area contributed by atoms with Crippen molar-refractivity contribution >= 4 is 39.2 Å². The van der Waals surface area contributed by atoms with E-state index in [9.17, 15) is 10.1 Å². The van der Waals surface area contributed by atoms with Crippen LogP contribution in [0.1, 0.15) is 34.1 Å². The van der Waals surface area contributed by atoms with Crippen molar-refractivity contribution in [1.29, 1.82) is 5.26 Å². The van der Waals surface area contributed by atoms with Crippen molar-refractivity contribution in [2.75, 3.05) is 42.6 Å². The zero-order valence-electron chi connectivity index (χ0n) is 17.0. The Morgan fingerprint density at radius 2 is 1.97 bits per heavy atom. The summed E-state index contributed by atoms with van der Waals surface area (Å²) >= 11 is 1.35. The first-order chi connectivity index (χ1) is 14.6. The fraction of sp³-hybridized carbons (Fsp3) is 0.381. The molecular weight excluding hydrogens is 400 g/mol. The summed E-state index contributed by atoms with van der Waals surface area (Å²) in [4.78, 5) is 31.5. The average molecular weight is 423 g/mol. The van der Waals surface area contributed by atoms with Crippen molar-refractivity contribution < 1.29 is 9.53 Å². The van der Waals surface area contributed by atoms with Crippen LogP contribution in [0.5, 0.6) is 0 Å². The Balaban J connectivity index is 1.63. The smallest absolute Gasteiger partial charge is 0.348 e. The second-order valence-corrected chi connectivity index (χ2v) is 7.97. The van der Waals surface area contributed by atoms with Gasteiger partial charge in [0.15, 0.2) is 0 Å². The summed E-state index contributed by atoms with van der Waals surface area (Å²) in [7, 11) is 0. The first kappa shape index (κ1) is 20.0. The lowest BCUT2D eigenvalue weighted by Gasteiger charge is -2.24. The molecule has 4 rings (SSSR count). The highest BCUT2D eigenvalue weighted by Crippen LogP contribution is 2.35. The Labute approximate surface area is 178 Å². The van der Waals surface area contributed by atoms with Crippen molar-refractivity contribution in [1.82, 2.24) is 15.0 Å². The molecule has 1 aliphatic rings. The minimum absolute atomic E-state index is 0.315. The van der Waals surface area contributed by atoms with Crippen LogP contribution in [-0.2, 0) is 4.74 Å². The number of hydrogen-bond acceptors (Lipinski definition) is 9. The maximum atomic E-state index is 12.3. The molecule has 1 saturated heterocycles. The van der Waals surface area contributed by atoms with Gasteiger partial charge in [0.25, 0.3) is 0 Å². The van der Waals surface area contributed by atoms with Crippen molar-refractivity contribution in [3.05, 3.63) is 40.7 Å². The molecule has 9 heteroatoms. The minimum atomic E-state index is -0.315. The average Bonchev–Trinajstić information content (AvgIpc) is 2.95. The van der Waals surface area contributed by atoms with E-state index in [0.29, 0.717) is 17.0 Å². The van der Waals surface area contributed by atoms with Gasteiger partial charge in [0, 0.05) is 32.4 Å². The summed E-state index contributed by atoms with van der Waals surface area (Å²) in [6.45, 7) is 7.16. The standard InChI is InChI=1S/C21H22N6O2S/c1-3-29-21(28)17-14(2)16-19(24-13-25-20(16)30-17)27-9-5-8-26(10-11-27)18-15(12-22)6-4-7-23-18/h4,6-7,13H,3,5,8-11H2,1-2H3. The third kappa shape index (κ3) is 3.66. The van der Waals surface area contributed by atoms with E-state index in [1.165, 1.54) is 11.3 Å². The van der Waals surface area contributed by atoms with Crippen molar-refractivity contribution in [3.63, 3.8) is 0 Å². The summed E-state index contributed by atoms with van der Waals surface area (Å²) in [5.41, 5.74) is 1.45. The Morgan fingerprint density at radius 3 is 2.70 bits per heavy atom. The molecule has 0 amide bonds. The SMILES string of the molecule is CCOC(=O)c1sc2ncnc(N3CCCN(c4ncccc4C#N)CC3)c2c1C. The maximum absolute atomic E-state index is 12.3. The van der Waals surface area contributed by atoms with E-state index in [2.05, 4.69) is 30.8 Å². The molecule has 3 aromatic heterocycles. The third-order valence-electron chi connectivity index (χ3n) is 5.17. The first-order valence-electron chi connectivity index (χ1n) is 9.90. The zero-order chi connectivity index (χ0) is 21.1. The van der Waals surface area contributed by atoms with Gasteiger partial charge in [-0.15, -0.1) is 11.3 Å². The van der Waals surface area contributed by atoms with E-state index in [-0.39, 0.29) is 5.97 Å². The largest absolute Gasteiger partial charge is 0.462 e. The highest BCUT2D eigenvalue weighted by atomic mass is 32.1. The lowest BCUT2D eigenvalue weighted by molar-refractivity contribution is 0.0531. The Bertz CT molecular complexity index is 1120. The number of thiophene rings is 1. The number of nitriles is 1. The van der Waals surface area contributed by atoms with Gasteiger partial charge in [-0.3, -0.25) is 0 Å². The van der Waals surface area contributed by atoms with Crippen LogP contribution < -0.4 is 9.80 Å². The first-order valence-corrected chi connectivity index (χ1v) is 10.7. The molecule has 1 fully saturated rings. The molecule has 0 spiro atoms. The number of anilines is 2. The number of aryl methyl sites for hydroxylation is 1. The number of rotatable bonds is 4. The van der Waals surface area contributed by atoms with Gasteiger partial charge in [0.05, 0.1) is 17.6 Å². The predicted octanol–water partition coefficient (Wildman–Crippen LogP) is 3.16. The van der Waals surface area contributed by atoms with E-state index in [4.69, 9.17) is 4.74 Å². The molecule has 30 heavy (non-hydrogen) atoms. The molecule has 154 valence electrons. The number of nitrogens with zero attached hydrogens (tertiary/aromatic N) is 6. The lowest BCUT2D eigenvalue weighted by atomic mass is 10.2. The predicted molar refractivity (Wildman–Crippen MR) is 116 cm³/mol. The number of fused-ring (bicyclic) bond motifs is 1. The van der Waals surface area contributed by atoms with Gasteiger partial charge >= 0.3 is 5.97 Å². The summed E-state index contributed by atoms with van der Waals surface area (Å²) in [6.07, 6.45) is 4.18. The third-order valence-corrected chi connectivity index (χ3v) is 6.35.